The first-order chi connectivity index (χ1) is 8.50. The summed E-state index contributed by atoms with van der Waals surface area (Å²) in [7, 11) is 0. The molecular formula is C14H16N2O2. The zero-order valence-corrected chi connectivity index (χ0v) is 10.7. The molecular weight excluding hydrogens is 228 g/mol. The Balaban J connectivity index is 2.58. The summed E-state index contributed by atoms with van der Waals surface area (Å²) in [5, 5.41) is 13.7. The summed E-state index contributed by atoms with van der Waals surface area (Å²) in [5.41, 5.74) is 2.76. The molecule has 2 aromatic rings. The van der Waals surface area contributed by atoms with E-state index in [0.29, 0.717) is 11.6 Å². The first-order valence-corrected chi connectivity index (χ1v) is 5.89. The molecule has 0 saturated carbocycles. The average molecular weight is 244 g/mol. The molecule has 18 heavy (non-hydrogen) atoms. The van der Waals surface area contributed by atoms with E-state index in [0.717, 1.165) is 11.3 Å². The molecule has 0 radical (unpaired) electrons. The topological polar surface area (TPSA) is 55.1 Å². The molecule has 0 atom stereocenters. The van der Waals surface area contributed by atoms with Crippen molar-refractivity contribution in [3.05, 3.63) is 47.3 Å². The molecule has 94 valence electrons. The Kier molecular flexibility index (Phi) is 3.19. The van der Waals surface area contributed by atoms with E-state index in [1.54, 1.807) is 16.8 Å². The number of carboxylic acid groups (broad SMARTS) is 1. The zero-order valence-electron chi connectivity index (χ0n) is 10.7. The highest BCUT2D eigenvalue weighted by Crippen LogP contribution is 2.20. The zero-order chi connectivity index (χ0) is 13.3. The highest BCUT2D eigenvalue weighted by Gasteiger charge is 2.15. The van der Waals surface area contributed by atoms with Crippen LogP contribution < -0.4 is 0 Å². The first-order valence-electron chi connectivity index (χ1n) is 5.89. The fraction of sp³-hybridized carbons (Fsp3) is 0.286. The Hall–Kier alpha value is -2.10. The van der Waals surface area contributed by atoms with Gasteiger partial charge in [-0.2, -0.15) is 5.10 Å². The van der Waals surface area contributed by atoms with Gasteiger partial charge in [-0.3, -0.25) is 0 Å². The monoisotopic (exact) mass is 244 g/mol. The van der Waals surface area contributed by atoms with Gasteiger partial charge < -0.3 is 5.11 Å². The summed E-state index contributed by atoms with van der Waals surface area (Å²) in [4.78, 5) is 11.2. The van der Waals surface area contributed by atoms with Crippen molar-refractivity contribution in [3.8, 4) is 5.69 Å². The van der Waals surface area contributed by atoms with Gasteiger partial charge in [-0.05, 0) is 30.5 Å². The first kappa shape index (κ1) is 12.4. The molecule has 0 aliphatic rings. The van der Waals surface area contributed by atoms with E-state index in [9.17, 15) is 9.90 Å². The van der Waals surface area contributed by atoms with Crippen LogP contribution in [0.3, 0.4) is 0 Å². The van der Waals surface area contributed by atoms with E-state index in [1.807, 2.05) is 25.3 Å². The third kappa shape index (κ3) is 2.14. The van der Waals surface area contributed by atoms with Crippen LogP contribution >= 0.6 is 0 Å². The van der Waals surface area contributed by atoms with Crippen molar-refractivity contribution < 1.29 is 9.90 Å². The normalized spacial score (nSPS) is 10.9. The summed E-state index contributed by atoms with van der Waals surface area (Å²) in [5.74, 6) is -0.612. The number of hydrogen-bond acceptors (Lipinski definition) is 2. The number of para-hydroxylation sites is 1. The second-order valence-corrected chi connectivity index (χ2v) is 4.62. The summed E-state index contributed by atoms with van der Waals surface area (Å²) in [6.45, 7) is 6.00. The molecule has 0 aliphatic heterocycles. The Labute approximate surface area is 106 Å². The number of aryl methyl sites for hydroxylation is 1. The average Bonchev–Trinajstić information content (AvgIpc) is 2.77. The summed E-state index contributed by atoms with van der Waals surface area (Å²) < 4.78 is 1.65. The van der Waals surface area contributed by atoms with Crippen LogP contribution in [-0.2, 0) is 0 Å². The lowest BCUT2D eigenvalue weighted by Crippen LogP contribution is -2.08. The van der Waals surface area contributed by atoms with Crippen molar-refractivity contribution in [2.75, 3.05) is 0 Å². The third-order valence-electron chi connectivity index (χ3n) is 2.90. The number of aromatic nitrogens is 2. The van der Waals surface area contributed by atoms with Crippen LogP contribution in [0, 0.1) is 6.92 Å². The molecule has 0 amide bonds. The highest BCUT2D eigenvalue weighted by atomic mass is 16.4. The maximum atomic E-state index is 11.2. The predicted octanol–water partition coefficient (Wildman–Crippen LogP) is 3.00. The number of rotatable bonds is 3. The van der Waals surface area contributed by atoms with Crippen LogP contribution in [0.15, 0.2) is 30.5 Å². The molecule has 4 heteroatoms. The van der Waals surface area contributed by atoms with Gasteiger partial charge in [-0.15, -0.1) is 0 Å². The van der Waals surface area contributed by atoms with Gasteiger partial charge in [-0.1, -0.05) is 26.0 Å². The number of aromatic carboxylic acids is 1. The number of nitrogens with zero attached hydrogens (tertiary/aromatic N) is 2. The standard InChI is InChI=1S/C14H16N2O2/c1-9(2)12-7-8-16(15-12)13-10(3)5-4-6-11(13)14(17)18/h4-9H,1-3H3,(H,17,18). The van der Waals surface area contributed by atoms with Gasteiger partial charge in [-0.25, -0.2) is 9.48 Å². The van der Waals surface area contributed by atoms with Gasteiger partial charge in [0.15, 0.2) is 0 Å². The van der Waals surface area contributed by atoms with Gasteiger partial charge in [0.2, 0.25) is 0 Å². The van der Waals surface area contributed by atoms with E-state index in [-0.39, 0.29) is 5.56 Å². The van der Waals surface area contributed by atoms with Crippen molar-refractivity contribution in [1.82, 2.24) is 9.78 Å². The van der Waals surface area contributed by atoms with Gasteiger partial charge in [0.1, 0.15) is 0 Å². The van der Waals surface area contributed by atoms with E-state index >= 15 is 0 Å². The van der Waals surface area contributed by atoms with Crippen LogP contribution in [-0.4, -0.2) is 20.9 Å². The van der Waals surface area contributed by atoms with Crippen molar-refractivity contribution in [1.29, 1.82) is 0 Å². The highest BCUT2D eigenvalue weighted by molar-refractivity contribution is 5.92. The molecule has 0 bridgehead atoms. The molecule has 0 aliphatic carbocycles. The predicted molar refractivity (Wildman–Crippen MR) is 69.3 cm³/mol. The molecule has 4 nitrogen and oxygen atoms in total. The second-order valence-electron chi connectivity index (χ2n) is 4.62. The van der Waals surface area contributed by atoms with E-state index in [1.165, 1.54) is 0 Å². The fourth-order valence-corrected chi connectivity index (χ4v) is 1.91. The summed E-state index contributed by atoms with van der Waals surface area (Å²) in [6, 6.07) is 7.15. The lowest BCUT2D eigenvalue weighted by atomic mass is 10.1. The van der Waals surface area contributed by atoms with E-state index < -0.39 is 5.97 Å². The van der Waals surface area contributed by atoms with Crippen LogP contribution in [0.4, 0.5) is 0 Å². The summed E-state index contributed by atoms with van der Waals surface area (Å²) >= 11 is 0. The Morgan fingerprint density at radius 3 is 2.61 bits per heavy atom. The largest absolute Gasteiger partial charge is 0.478 e. The Morgan fingerprint density at radius 1 is 1.33 bits per heavy atom. The molecule has 1 N–H and O–H groups in total. The Bertz CT molecular complexity index is 585. The van der Waals surface area contributed by atoms with Gasteiger partial charge >= 0.3 is 5.97 Å². The molecule has 0 fully saturated rings. The molecule has 0 saturated heterocycles. The lowest BCUT2D eigenvalue weighted by molar-refractivity contribution is 0.0696. The van der Waals surface area contributed by atoms with Crippen LogP contribution in [0.2, 0.25) is 0 Å². The minimum Gasteiger partial charge on any atom is -0.478 e. The van der Waals surface area contributed by atoms with E-state index in [2.05, 4.69) is 18.9 Å². The van der Waals surface area contributed by atoms with Crippen LogP contribution in [0.25, 0.3) is 5.69 Å². The summed E-state index contributed by atoms with van der Waals surface area (Å²) in [6.07, 6.45) is 1.81. The Morgan fingerprint density at radius 2 is 2.06 bits per heavy atom. The van der Waals surface area contributed by atoms with Crippen molar-refractivity contribution in [2.24, 2.45) is 0 Å². The number of hydrogen-bond donors (Lipinski definition) is 1. The minimum atomic E-state index is -0.935. The van der Waals surface area contributed by atoms with Gasteiger partial charge in [0, 0.05) is 6.20 Å². The third-order valence-corrected chi connectivity index (χ3v) is 2.90. The lowest BCUT2D eigenvalue weighted by Gasteiger charge is -2.09. The molecule has 1 aromatic heterocycles. The van der Waals surface area contributed by atoms with Gasteiger partial charge in [0.25, 0.3) is 0 Å². The molecule has 1 heterocycles. The van der Waals surface area contributed by atoms with E-state index in [4.69, 9.17) is 0 Å². The minimum absolute atomic E-state index is 0.272. The quantitative estimate of drug-likeness (QED) is 0.903. The van der Waals surface area contributed by atoms with Crippen molar-refractivity contribution >= 4 is 5.97 Å². The van der Waals surface area contributed by atoms with Crippen LogP contribution in [0.5, 0.6) is 0 Å². The van der Waals surface area contributed by atoms with Crippen molar-refractivity contribution in [2.45, 2.75) is 26.7 Å². The maximum absolute atomic E-state index is 11.2. The molecule has 2 rings (SSSR count). The second kappa shape index (κ2) is 4.64. The SMILES string of the molecule is Cc1cccc(C(=O)O)c1-n1ccc(C(C)C)n1. The molecule has 0 unspecified atom stereocenters. The van der Waals surface area contributed by atoms with Gasteiger partial charge in [0.05, 0.1) is 16.9 Å². The number of carboxylic acids is 1. The fourth-order valence-electron chi connectivity index (χ4n) is 1.91. The molecule has 1 aromatic carbocycles. The number of benzene rings is 1. The van der Waals surface area contributed by atoms with Crippen molar-refractivity contribution in [3.63, 3.8) is 0 Å². The number of carbonyl (C=O) groups is 1. The molecule has 0 spiro atoms. The maximum Gasteiger partial charge on any atom is 0.337 e. The van der Waals surface area contributed by atoms with Crippen LogP contribution in [0.1, 0.15) is 41.4 Å². The smallest absolute Gasteiger partial charge is 0.337 e.